The molecule has 3 heterocycles. The van der Waals surface area contributed by atoms with Gasteiger partial charge in [-0.2, -0.15) is 0 Å². The Kier molecular flexibility index (Phi) is 4.51. The summed E-state index contributed by atoms with van der Waals surface area (Å²) in [5.74, 6) is 0.163. The van der Waals surface area contributed by atoms with Gasteiger partial charge >= 0.3 is 5.97 Å². The van der Waals surface area contributed by atoms with Crippen LogP contribution < -0.4 is 0 Å². The molecule has 0 amide bonds. The van der Waals surface area contributed by atoms with E-state index in [-0.39, 0.29) is 12.6 Å². The summed E-state index contributed by atoms with van der Waals surface area (Å²) in [6.07, 6.45) is 7.30. The number of hydrogen-bond donors (Lipinski definition) is 0. The van der Waals surface area contributed by atoms with Gasteiger partial charge in [0.1, 0.15) is 18.6 Å². The normalized spacial score (nSPS) is 14.2. The van der Waals surface area contributed by atoms with Crippen molar-refractivity contribution in [2.24, 2.45) is 0 Å². The molecular formula is C20H20N2O3S. The average molecular weight is 368 g/mol. The Labute approximate surface area is 155 Å². The first-order chi connectivity index (χ1) is 12.6. The smallest absolute Gasteiger partial charge is 0.331 e. The van der Waals surface area contributed by atoms with Crippen molar-refractivity contribution in [3.05, 3.63) is 58.6 Å². The minimum Gasteiger partial charge on any atom is -0.456 e. The number of ether oxygens (including phenoxy) is 1. The Morgan fingerprint density at radius 3 is 3.04 bits per heavy atom. The van der Waals surface area contributed by atoms with Gasteiger partial charge in [0.25, 0.3) is 0 Å². The number of carbonyl (C=O) groups is 1. The van der Waals surface area contributed by atoms with Gasteiger partial charge in [0.15, 0.2) is 0 Å². The maximum atomic E-state index is 12.0. The molecule has 0 bridgehead atoms. The van der Waals surface area contributed by atoms with E-state index in [1.165, 1.54) is 36.6 Å². The molecule has 0 atom stereocenters. The summed E-state index contributed by atoms with van der Waals surface area (Å²) in [6, 6.07) is 6.62. The van der Waals surface area contributed by atoms with Crippen molar-refractivity contribution in [3.63, 3.8) is 0 Å². The molecule has 1 aliphatic carbocycles. The highest BCUT2D eigenvalue weighted by molar-refractivity contribution is 7.13. The molecule has 1 fully saturated rings. The van der Waals surface area contributed by atoms with Crippen LogP contribution in [0.3, 0.4) is 0 Å². The van der Waals surface area contributed by atoms with E-state index in [0.29, 0.717) is 17.6 Å². The molecule has 3 aromatic rings. The maximum absolute atomic E-state index is 12.0. The molecule has 5 nitrogen and oxygen atoms in total. The summed E-state index contributed by atoms with van der Waals surface area (Å²) in [4.78, 5) is 17.3. The van der Waals surface area contributed by atoms with Gasteiger partial charge in [-0.1, -0.05) is 6.07 Å². The zero-order valence-electron chi connectivity index (χ0n) is 14.8. The van der Waals surface area contributed by atoms with E-state index >= 15 is 0 Å². The van der Waals surface area contributed by atoms with Crippen molar-refractivity contribution in [3.8, 4) is 10.8 Å². The van der Waals surface area contributed by atoms with Crippen molar-refractivity contribution in [1.82, 2.24) is 9.55 Å². The van der Waals surface area contributed by atoms with Crippen molar-refractivity contribution in [2.45, 2.75) is 39.3 Å². The van der Waals surface area contributed by atoms with E-state index in [2.05, 4.69) is 29.5 Å². The number of thiophene rings is 1. The molecule has 26 heavy (non-hydrogen) atoms. The van der Waals surface area contributed by atoms with Crippen molar-refractivity contribution < 1.29 is 13.9 Å². The number of esters is 1. The SMILES string of the molecule is Cc1cc(/C=C/C(=O)OCc2coc(-c3cccs3)n2)c(C)n1C1CC1. The van der Waals surface area contributed by atoms with E-state index in [9.17, 15) is 4.79 Å². The van der Waals surface area contributed by atoms with Gasteiger partial charge < -0.3 is 13.7 Å². The van der Waals surface area contributed by atoms with Crippen LogP contribution in [0.1, 0.15) is 41.5 Å². The van der Waals surface area contributed by atoms with Crippen LogP contribution in [0, 0.1) is 13.8 Å². The van der Waals surface area contributed by atoms with Gasteiger partial charge in [-0.15, -0.1) is 11.3 Å². The van der Waals surface area contributed by atoms with Crippen LogP contribution in [-0.4, -0.2) is 15.5 Å². The number of aryl methyl sites for hydroxylation is 1. The minimum absolute atomic E-state index is 0.0964. The second kappa shape index (κ2) is 6.96. The van der Waals surface area contributed by atoms with E-state index in [1.54, 1.807) is 11.3 Å². The Morgan fingerprint density at radius 1 is 1.46 bits per heavy atom. The fraction of sp³-hybridized carbons (Fsp3) is 0.300. The largest absolute Gasteiger partial charge is 0.456 e. The second-order valence-corrected chi connectivity index (χ2v) is 7.44. The number of carbonyl (C=O) groups excluding carboxylic acids is 1. The monoisotopic (exact) mass is 368 g/mol. The standard InChI is InChI=1S/C20H20N2O3S/c1-13-10-15(14(2)22(13)17-6-7-17)5-8-19(23)24-11-16-12-25-20(21-16)18-4-3-9-26-18/h3-5,8-10,12,17H,6-7,11H2,1-2H3/b8-5+. The van der Waals surface area contributed by atoms with Crippen LogP contribution in [0.5, 0.6) is 0 Å². The lowest BCUT2D eigenvalue weighted by atomic mass is 10.2. The molecule has 134 valence electrons. The van der Waals surface area contributed by atoms with Crippen LogP contribution in [0.15, 0.2) is 40.3 Å². The second-order valence-electron chi connectivity index (χ2n) is 6.49. The lowest BCUT2D eigenvalue weighted by Gasteiger charge is -2.06. The molecule has 4 rings (SSSR count). The topological polar surface area (TPSA) is 57.3 Å². The fourth-order valence-corrected chi connectivity index (χ4v) is 3.76. The molecule has 3 aromatic heterocycles. The molecule has 0 radical (unpaired) electrons. The van der Waals surface area contributed by atoms with Crippen LogP contribution in [0.25, 0.3) is 16.8 Å². The summed E-state index contributed by atoms with van der Waals surface area (Å²) < 4.78 is 13.0. The average Bonchev–Trinajstić information content (AvgIpc) is 3.03. The van der Waals surface area contributed by atoms with Gasteiger partial charge in [-0.25, -0.2) is 9.78 Å². The lowest BCUT2D eigenvalue weighted by Crippen LogP contribution is -2.01. The molecular weight excluding hydrogens is 348 g/mol. The van der Waals surface area contributed by atoms with Crippen LogP contribution in [0.4, 0.5) is 0 Å². The summed E-state index contributed by atoms with van der Waals surface area (Å²) in [6.45, 7) is 4.30. The number of nitrogens with zero attached hydrogens (tertiary/aromatic N) is 2. The van der Waals surface area contributed by atoms with Crippen LogP contribution >= 0.6 is 11.3 Å². The third kappa shape index (κ3) is 3.51. The number of aromatic nitrogens is 2. The van der Waals surface area contributed by atoms with E-state index < -0.39 is 0 Å². The van der Waals surface area contributed by atoms with Gasteiger partial charge in [0.2, 0.25) is 5.89 Å². The predicted molar refractivity (Wildman–Crippen MR) is 101 cm³/mol. The minimum atomic E-state index is -0.387. The molecule has 0 spiro atoms. The molecule has 0 unspecified atom stereocenters. The van der Waals surface area contributed by atoms with Gasteiger partial charge in [0.05, 0.1) is 4.88 Å². The molecule has 0 aromatic carbocycles. The lowest BCUT2D eigenvalue weighted by molar-refractivity contribution is -0.139. The van der Waals surface area contributed by atoms with Crippen LogP contribution in [0.2, 0.25) is 0 Å². The van der Waals surface area contributed by atoms with Crippen molar-refractivity contribution >= 4 is 23.4 Å². The number of hydrogen-bond acceptors (Lipinski definition) is 5. The summed E-state index contributed by atoms with van der Waals surface area (Å²) >= 11 is 1.55. The molecule has 0 saturated heterocycles. The Balaban J connectivity index is 1.36. The van der Waals surface area contributed by atoms with Crippen molar-refractivity contribution in [1.29, 1.82) is 0 Å². The third-order valence-electron chi connectivity index (χ3n) is 4.48. The highest BCUT2D eigenvalue weighted by atomic mass is 32.1. The van der Waals surface area contributed by atoms with E-state index in [4.69, 9.17) is 9.15 Å². The number of rotatable bonds is 6. The first-order valence-electron chi connectivity index (χ1n) is 8.63. The molecule has 1 saturated carbocycles. The highest BCUT2D eigenvalue weighted by Crippen LogP contribution is 2.38. The predicted octanol–water partition coefficient (Wildman–Crippen LogP) is 4.91. The maximum Gasteiger partial charge on any atom is 0.331 e. The summed E-state index contributed by atoms with van der Waals surface area (Å²) in [7, 11) is 0. The van der Waals surface area contributed by atoms with E-state index in [0.717, 1.165) is 10.4 Å². The Bertz CT molecular complexity index is 946. The molecule has 0 aliphatic heterocycles. The van der Waals surface area contributed by atoms with E-state index in [1.807, 2.05) is 23.6 Å². The quantitative estimate of drug-likeness (QED) is 0.458. The molecule has 1 aliphatic rings. The van der Waals surface area contributed by atoms with Gasteiger partial charge in [-0.3, -0.25) is 0 Å². The van der Waals surface area contributed by atoms with Crippen molar-refractivity contribution in [2.75, 3.05) is 0 Å². The molecule has 0 N–H and O–H groups in total. The first-order valence-corrected chi connectivity index (χ1v) is 9.51. The van der Waals surface area contributed by atoms with Crippen LogP contribution in [-0.2, 0) is 16.1 Å². The Hall–Kier alpha value is -2.60. The first kappa shape index (κ1) is 16.8. The fourth-order valence-electron chi connectivity index (χ4n) is 3.10. The van der Waals surface area contributed by atoms with Gasteiger partial charge in [0, 0.05) is 23.5 Å². The highest BCUT2D eigenvalue weighted by Gasteiger charge is 2.26. The third-order valence-corrected chi connectivity index (χ3v) is 5.34. The zero-order chi connectivity index (χ0) is 18.1. The molecule has 6 heteroatoms. The summed E-state index contributed by atoms with van der Waals surface area (Å²) in [5.41, 5.74) is 4.10. The number of oxazole rings is 1. The summed E-state index contributed by atoms with van der Waals surface area (Å²) in [5, 5.41) is 1.96. The Morgan fingerprint density at radius 2 is 2.31 bits per heavy atom. The van der Waals surface area contributed by atoms with Gasteiger partial charge in [-0.05, 0) is 55.8 Å². The zero-order valence-corrected chi connectivity index (χ0v) is 15.6.